The van der Waals surface area contributed by atoms with Crippen molar-refractivity contribution in [1.29, 1.82) is 0 Å². The van der Waals surface area contributed by atoms with Gasteiger partial charge in [-0.25, -0.2) is 4.98 Å². The summed E-state index contributed by atoms with van der Waals surface area (Å²) in [6.07, 6.45) is 1.76. The standard InChI is InChI=1S/C18H18N2OS/c1-12-6-7-16(14(3)9-12)22-11-15-10-17(21)20-8-4-5-13(2)18(20)19-15/h4-10H,11H2,1-3H3. The lowest BCUT2D eigenvalue weighted by atomic mass is 10.2. The summed E-state index contributed by atoms with van der Waals surface area (Å²) in [4.78, 5) is 18.1. The number of nitrogens with zero attached hydrogens (tertiary/aromatic N) is 2. The van der Waals surface area contributed by atoms with Gasteiger partial charge in [0.2, 0.25) is 0 Å². The van der Waals surface area contributed by atoms with Crippen LogP contribution in [0.5, 0.6) is 0 Å². The van der Waals surface area contributed by atoms with Gasteiger partial charge in [0, 0.05) is 22.9 Å². The van der Waals surface area contributed by atoms with E-state index in [1.54, 1.807) is 28.4 Å². The number of rotatable bonds is 3. The first-order valence-corrected chi connectivity index (χ1v) is 8.21. The molecule has 3 nitrogen and oxygen atoms in total. The molecule has 0 aliphatic carbocycles. The normalized spacial score (nSPS) is 11.0. The van der Waals surface area contributed by atoms with Crippen LogP contribution in [0.15, 0.2) is 52.3 Å². The van der Waals surface area contributed by atoms with Crippen LogP contribution in [0.3, 0.4) is 0 Å². The summed E-state index contributed by atoms with van der Waals surface area (Å²) in [6.45, 7) is 6.18. The fourth-order valence-electron chi connectivity index (χ4n) is 2.50. The predicted octanol–water partition coefficient (Wildman–Crippen LogP) is 3.91. The van der Waals surface area contributed by atoms with Gasteiger partial charge in [0.05, 0.1) is 5.69 Å². The molecule has 0 N–H and O–H groups in total. The van der Waals surface area contributed by atoms with Crippen molar-refractivity contribution in [3.05, 3.63) is 75.3 Å². The van der Waals surface area contributed by atoms with Crippen molar-refractivity contribution in [3.8, 4) is 0 Å². The van der Waals surface area contributed by atoms with Crippen molar-refractivity contribution < 1.29 is 0 Å². The second-order valence-corrected chi connectivity index (χ2v) is 6.55. The molecule has 1 aromatic carbocycles. The number of aryl methyl sites for hydroxylation is 3. The van der Waals surface area contributed by atoms with Gasteiger partial charge in [0.1, 0.15) is 5.65 Å². The Hall–Kier alpha value is -2.07. The Bertz CT molecular complexity index is 899. The van der Waals surface area contributed by atoms with Crippen molar-refractivity contribution in [3.63, 3.8) is 0 Å². The van der Waals surface area contributed by atoms with Crippen LogP contribution in [0.1, 0.15) is 22.4 Å². The van der Waals surface area contributed by atoms with E-state index in [1.807, 2.05) is 19.1 Å². The summed E-state index contributed by atoms with van der Waals surface area (Å²) in [7, 11) is 0. The van der Waals surface area contributed by atoms with Crippen LogP contribution in [0, 0.1) is 20.8 Å². The molecule has 112 valence electrons. The van der Waals surface area contributed by atoms with Crippen LogP contribution in [-0.2, 0) is 5.75 Å². The van der Waals surface area contributed by atoms with Crippen molar-refractivity contribution >= 4 is 17.4 Å². The summed E-state index contributed by atoms with van der Waals surface area (Å²) in [5.41, 5.74) is 5.08. The molecule has 0 radical (unpaired) electrons. The second-order valence-electron chi connectivity index (χ2n) is 5.53. The summed E-state index contributed by atoms with van der Waals surface area (Å²) >= 11 is 1.72. The molecule has 0 aliphatic heterocycles. The third-order valence-corrected chi connectivity index (χ3v) is 4.85. The molecule has 0 fully saturated rings. The maximum atomic E-state index is 12.2. The Labute approximate surface area is 134 Å². The highest BCUT2D eigenvalue weighted by molar-refractivity contribution is 7.98. The van der Waals surface area contributed by atoms with Gasteiger partial charge in [-0.05, 0) is 44.0 Å². The van der Waals surface area contributed by atoms with E-state index in [0.29, 0.717) is 5.75 Å². The van der Waals surface area contributed by atoms with Crippen molar-refractivity contribution in [2.24, 2.45) is 0 Å². The van der Waals surface area contributed by atoms with Gasteiger partial charge in [-0.1, -0.05) is 23.8 Å². The number of hydrogen-bond acceptors (Lipinski definition) is 3. The summed E-state index contributed by atoms with van der Waals surface area (Å²) in [5.74, 6) is 0.698. The zero-order valence-electron chi connectivity index (χ0n) is 13.0. The van der Waals surface area contributed by atoms with Crippen LogP contribution in [0.2, 0.25) is 0 Å². The van der Waals surface area contributed by atoms with Crippen LogP contribution < -0.4 is 5.56 Å². The van der Waals surface area contributed by atoms with Crippen LogP contribution >= 0.6 is 11.8 Å². The maximum Gasteiger partial charge on any atom is 0.258 e. The lowest BCUT2D eigenvalue weighted by molar-refractivity contribution is 1.00. The smallest absolute Gasteiger partial charge is 0.258 e. The topological polar surface area (TPSA) is 34.4 Å². The minimum Gasteiger partial charge on any atom is -0.269 e. The molecule has 0 amide bonds. The van der Waals surface area contributed by atoms with Crippen LogP contribution in [0.25, 0.3) is 5.65 Å². The molecule has 4 heteroatoms. The summed E-state index contributed by atoms with van der Waals surface area (Å²) in [6, 6.07) is 11.9. The number of hydrogen-bond donors (Lipinski definition) is 0. The van der Waals surface area contributed by atoms with E-state index in [0.717, 1.165) is 16.9 Å². The number of pyridine rings is 1. The molecule has 0 atom stereocenters. The number of fused-ring (bicyclic) bond motifs is 1. The Morgan fingerprint density at radius 3 is 2.68 bits per heavy atom. The SMILES string of the molecule is Cc1ccc(SCc2cc(=O)n3cccc(C)c3n2)c(C)c1. The minimum absolute atomic E-state index is 0.0232. The fourth-order valence-corrected chi connectivity index (χ4v) is 3.40. The van der Waals surface area contributed by atoms with Gasteiger partial charge in [0.25, 0.3) is 5.56 Å². The highest BCUT2D eigenvalue weighted by atomic mass is 32.2. The largest absolute Gasteiger partial charge is 0.269 e. The van der Waals surface area contributed by atoms with Gasteiger partial charge in [-0.2, -0.15) is 0 Å². The van der Waals surface area contributed by atoms with E-state index in [-0.39, 0.29) is 5.56 Å². The third kappa shape index (κ3) is 2.92. The second kappa shape index (κ2) is 5.97. The average molecular weight is 310 g/mol. The quantitative estimate of drug-likeness (QED) is 0.688. The molecule has 22 heavy (non-hydrogen) atoms. The predicted molar refractivity (Wildman–Crippen MR) is 91.7 cm³/mol. The Morgan fingerprint density at radius 2 is 1.91 bits per heavy atom. The first kappa shape index (κ1) is 14.9. The molecule has 0 aliphatic rings. The van der Waals surface area contributed by atoms with Crippen molar-refractivity contribution in [1.82, 2.24) is 9.38 Å². The highest BCUT2D eigenvalue weighted by Crippen LogP contribution is 2.26. The molecule has 0 spiro atoms. The van der Waals surface area contributed by atoms with Crippen molar-refractivity contribution in [2.45, 2.75) is 31.4 Å². The first-order valence-electron chi connectivity index (χ1n) is 7.22. The van der Waals surface area contributed by atoms with Gasteiger partial charge >= 0.3 is 0 Å². The first-order chi connectivity index (χ1) is 10.5. The maximum absolute atomic E-state index is 12.2. The molecular weight excluding hydrogens is 292 g/mol. The zero-order valence-corrected chi connectivity index (χ0v) is 13.8. The molecule has 2 aromatic heterocycles. The molecule has 0 unspecified atom stereocenters. The Kier molecular flexibility index (Phi) is 4.03. The summed E-state index contributed by atoms with van der Waals surface area (Å²) < 4.78 is 1.60. The number of aromatic nitrogens is 2. The molecule has 2 heterocycles. The van der Waals surface area contributed by atoms with Crippen molar-refractivity contribution in [2.75, 3.05) is 0 Å². The third-order valence-electron chi connectivity index (χ3n) is 3.65. The zero-order chi connectivity index (χ0) is 15.7. The lowest BCUT2D eigenvalue weighted by Crippen LogP contribution is -2.15. The number of thioether (sulfide) groups is 1. The lowest BCUT2D eigenvalue weighted by Gasteiger charge is -2.08. The van der Waals surface area contributed by atoms with E-state index < -0.39 is 0 Å². The highest BCUT2D eigenvalue weighted by Gasteiger charge is 2.06. The molecule has 0 saturated heterocycles. The van der Waals surface area contributed by atoms with Crippen LogP contribution in [-0.4, -0.2) is 9.38 Å². The van der Waals surface area contributed by atoms with Crippen LogP contribution in [0.4, 0.5) is 0 Å². The summed E-state index contributed by atoms with van der Waals surface area (Å²) in [5, 5.41) is 0. The van der Waals surface area contributed by atoms with E-state index >= 15 is 0 Å². The van der Waals surface area contributed by atoms with Gasteiger partial charge in [0.15, 0.2) is 0 Å². The molecule has 3 aromatic rings. The average Bonchev–Trinajstić information content (AvgIpc) is 2.47. The Balaban J connectivity index is 1.91. The Morgan fingerprint density at radius 1 is 1.09 bits per heavy atom. The van der Waals surface area contributed by atoms with Gasteiger partial charge < -0.3 is 0 Å². The minimum atomic E-state index is -0.0232. The molecule has 3 rings (SSSR count). The number of benzene rings is 1. The molecule has 0 saturated carbocycles. The van der Waals surface area contributed by atoms with E-state index in [4.69, 9.17) is 0 Å². The van der Waals surface area contributed by atoms with Gasteiger partial charge in [-0.3, -0.25) is 9.20 Å². The van der Waals surface area contributed by atoms with E-state index in [1.165, 1.54) is 16.0 Å². The fraction of sp³-hybridized carbons (Fsp3) is 0.222. The van der Waals surface area contributed by atoms with E-state index in [9.17, 15) is 4.79 Å². The van der Waals surface area contributed by atoms with E-state index in [2.05, 4.69) is 37.0 Å². The van der Waals surface area contributed by atoms with Gasteiger partial charge in [-0.15, -0.1) is 11.8 Å². The molecular formula is C18H18N2OS. The molecule has 0 bridgehead atoms. The monoisotopic (exact) mass is 310 g/mol.